The lowest BCUT2D eigenvalue weighted by atomic mass is 9.95. The zero-order chi connectivity index (χ0) is 15.2. The predicted octanol–water partition coefficient (Wildman–Crippen LogP) is 5.34. The van der Waals surface area contributed by atoms with Crippen LogP contribution in [0.2, 0.25) is 0 Å². The Bertz CT molecular complexity index is 801. The van der Waals surface area contributed by atoms with Crippen LogP contribution < -0.4 is 0 Å². The molecule has 0 bridgehead atoms. The van der Waals surface area contributed by atoms with Crippen molar-refractivity contribution >= 4 is 18.4 Å². The van der Waals surface area contributed by atoms with Gasteiger partial charge in [-0.3, -0.25) is 4.79 Å². The van der Waals surface area contributed by atoms with E-state index in [1.54, 1.807) is 0 Å². The van der Waals surface area contributed by atoms with Gasteiger partial charge in [0.2, 0.25) is 0 Å². The molecule has 0 aliphatic heterocycles. The molecule has 0 aromatic heterocycles. The summed E-state index contributed by atoms with van der Waals surface area (Å²) in [4.78, 5) is 11.3. The van der Waals surface area contributed by atoms with E-state index >= 15 is 0 Å². The Balaban J connectivity index is 2.04. The Morgan fingerprint density at radius 2 is 1.09 bits per heavy atom. The van der Waals surface area contributed by atoms with E-state index in [9.17, 15) is 4.79 Å². The second kappa shape index (κ2) is 6.68. The number of carbonyl (C=O) groups is 1. The van der Waals surface area contributed by atoms with Crippen LogP contribution in [0.3, 0.4) is 0 Å². The fourth-order valence-electron chi connectivity index (χ4n) is 2.48. The predicted molar refractivity (Wildman–Crippen MR) is 92.6 cm³/mol. The molecule has 0 aliphatic carbocycles. The van der Waals surface area contributed by atoms with Gasteiger partial charge in [0.25, 0.3) is 0 Å². The van der Waals surface area contributed by atoms with Gasteiger partial charge in [-0.25, -0.2) is 0 Å². The Hall–Kier alpha value is -2.93. The molecule has 1 heteroatoms. The minimum Gasteiger partial charge on any atom is -0.298 e. The van der Waals surface area contributed by atoms with E-state index in [0.717, 1.165) is 28.5 Å². The van der Waals surface area contributed by atoms with Crippen molar-refractivity contribution in [2.45, 2.75) is 0 Å². The number of rotatable bonds is 4. The van der Waals surface area contributed by atoms with Crippen molar-refractivity contribution < 1.29 is 4.79 Å². The van der Waals surface area contributed by atoms with E-state index in [-0.39, 0.29) is 0 Å². The fourth-order valence-corrected chi connectivity index (χ4v) is 2.48. The zero-order valence-electron chi connectivity index (χ0n) is 12.1. The normalized spacial score (nSPS) is 10.7. The third-order valence-electron chi connectivity index (χ3n) is 3.59. The van der Waals surface area contributed by atoms with Crippen LogP contribution in [0.5, 0.6) is 0 Å². The van der Waals surface area contributed by atoms with Crippen LogP contribution in [0.15, 0.2) is 78.9 Å². The van der Waals surface area contributed by atoms with Crippen LogP contribution in [0.1, 0.15) is 21.5 Å². The van der Waals surface area contributed by atoms with E-state index in [0.29, 0.717) is 5.56 Å². The largest absolute Gasteiger partial charge is 0.298 e. The van der Waals surface area contributed by atoms with Crippen molar-refractivity contribution in [2.75, 3.05) is 0 Å². The molecule has 0 saturated heterocycles. The first-order valence-electron chi connectivity index (χ1n) is 7.25. The van der Waals surface area contributed by atoms with Crippen LogP contribution in [-0.4, -0.2) is 6.29 Å². The Morgan fingerprint density at radius 1 is 0.545 bits per heavy atom. The molecule has 3 aromatic rings. The summed E-state index contributed by atoms with van der Waals surface area (Å²) in [7, 11) is 0. The van der Waals surface area contributed by atoms with Gasteiger partial charge in [-0.05, 0) is 22.3 Å². The van der Waals surface area contributed by atoms with Gasteiger partial charge < -0.3 is 0 Å². The summed E-state index contributed by atoms with van der Waals surface area (Å²) in [6.07, 6.45) is 5.08. The summed E-state index contributed by atoms with van der Waals surface area (Å²) in [5.41, 5.74) is 4.99. The molecule has 0 atom stereocenters. The van der Waals surface area contributed by atoms with Gasteiger partial charge in [0, 0.05) is 5.56 Å². The van der Waals surface area contributed by atoms with Gasteiger partial charge in [0.15, 0.2) is 6.29 Å². The van der Waals surface area contributed by atoms with Gasteiger partial charge in [0.05, 0.1) is 0 Å². The van der Waals surface area contributed by atoms with Crippen molar-refractivity contribution in [2.24, 2.45) is 0 Å². The van der Waals surface area contributed by atoms with Gasteiger partial charge in [-0.1, -0.05) is 91.0 Å². The van der Waals surface area contributed by atoms with Gasteiger partial charge in [0.1, 0.15) is 0 Å². The maximum absolute atomic E-state index is 11.3. The summed E-state index contributed by atoms with van der Waals surface area (Å²) in [6.45, 7) is 0. The van der Waals surface area contributed by atoms with Crippen LogP contribution in [0, 0.1) is 0 Å². The van der Waals surface area contributed by atoms with Crippen LogP contribution in [0.25, 0.3) is 23.3 Å². The van der Waals surface area contributed by atoms with Crippen LogP contribution in [0.4, 0.5) is 0 Å². The molecule has 106 valence electrons. The Labute approximate surface area is 130 Å². The molecule has 0 heterocycles. The minimum absolute atomic E-state index is 0.711. The number of carbonyl (C=O) groups excluding carboxylic acids is 1. The smallest absolute Gasteiger partial charge is 0.150 e. The number of hydrogen-bond acceptors (Lipinski definition) is 1. The van der Waals surface area contributed by atoms with E-state index in [2.05, 4.69) is 30.4 Å². The highest BCUT2D eigenvalue weighted by atomic mass is 16.1. The quantitative estimate of drug-likeness (QED) is 0.467. The molecule has 22 heavy (non-hydrogen) atoms. The summed E-state index contributed by atoms with van der Waals surface area (Å²) in [5, 5.41) is 0. The average Bonchev–Trinajstić information content (AvgIpc) is 2.61. The van der Waals surface area contributed by atoms with Crippen molar-refractivity contribution in [3.8, 4) is 11.1 Å². The third kappa shape index (κ3) is 3.04. The maximum Gasteiger partial charge on any atom is 0.150 e. The second-order valence-corrected chi connectivity index (χ2v) is 5.04. The van der Waals surface area contributed by atoms with Crippen molar-refractivity contribution in [3.05, 3.63) is 95.6 Å². The lowest BCUT2D eigenvalue weighted by Gasteiger charge is -2.08. The Kier molecular flexibility index (Phi) is 4.26. The fraction of sp³-hybridized carbons (Fsp3) is 0. The maximum atomic E-state index is 11.3. The molecule has 0 unspecified atom stereocenters. The van der Waals surface area contributed by atoms with Crippen molar-refractivity contribution in [3.63, 3.8) is 0 Å². The molecule has 3 rings (SSSR count). The molecule has 0 radical (unpaired) electrons. The van der Waals surface area contributed by atoms with Gasteiger partial charge in [-0.15, -0.1) is 0 Å². The molecule has 1 nitrogen and oxygen atoms in total. The molecule has 0 aliphatic rings. The number of aldehydes is 1. The summed E-state index contributed by atoms with van der Waals surface area (Å²) in [5.74, 6) is 0. The van der Waals surface area contributed by atoms with Crippen LogP contribution >= 0.6 is 0 Å². The first kappa shape index (κ1) is 14.0. The zero-order valence-corrected chi connectivity index (χ0v) is 12.1. The molecule has 0 N–H and O–H groups in total. The van der Waals surface area contributed by atoms with E-state index in [1.807, 2.05) is 60.7 Å². The number of hydrogen-bond donors (Lipinski definition) is 0. The second-order valence-electron chi connectivity index (χ2n) is 5.04. The minimum atomic E-state index is 0.711. The monoisotopic (exact) mass is 284 g/mol. The highest BCUT2D eigenvalue weighted by Gasteiger charge is 2.06. The highest BCUT2D eigenvalue weighted by Crippen LogP contribution is 2.27. The molecule has 0 amide bonds. The van der Waals surface area contributed by atoms with E-state index in [1.165, 1.54) is 0 Å². The Morgan fingerprint density at radius 3 is 1.77 bits per heavy atom. The highest BCUT2D eigenvalue weighted by molar-refractivity contribution is 5.91. The van der Waals surface area contributed by atoms with Gasteiger partial charge >= 0.3 is 0 Å². The first-order chi connectivity index (χ1) is 10.9. The molecule has 0 saturated carbocycles. The van der Waals surface area contributed by atoms with E-state index in [4.69, 9.17) is 0 Å². The summed E-state index contributed by atoms with van der Waals surface area (Å²) in [6, 6.07) is 26.0. The first-order valence-corrected chi connectivity index (χ1v) is 7.25. The topological polar surface area (TPSA) is 17.1 Å². The molecule has 3 aromatic carbocycles. The SMILES string of the molecule is O=Cc1ccccc1-c1ccccc1/C=C/c1ccccc1. The summed E-state index contributed by atoms with van der Waals surface area (Å²) < 4.78 is 0. The van der Waals surface area contributed by atoms with Gasteiger partial charge in [-0.2, -0.15) is 0 Å². The standard InChI is InChI=1S/C21H16O/c22-16-19-11-5-7-13-21(19)20-12-6-4-10-18(20)15-14-17-8-2-1-3-9-17/h1-16H/b15-14+. The lowest BCUT2D eigenvalue weighted by Crippen LogP contribution is -1.89. The van der Waals surface area contributed by atoms with Crippen molar-refractivity contribution in [1.82, 2.24) is 0 Å². The van der Waals surface area contributed by atoms with E-state index < -0.39 is 0 Å². The third-order valence-corrected chi connectivity index (χ3v) is 3.59. The molecular weight excluding hydrogens is 268 g/mol. The molecule has 0 spiro atoms. The average molecular weight is 284 g/mol. The molecule has 0 fully saturated rings. The lowest BCUT2D eigenvalue weighted by molar-refractivity contribution is 0.112. The van der Waals surface area contributed by atoms with Crippen LogP contribution in [-0.2, 0) is 0 Å². The summed E-state index contributed by atoms with van der Waals surface area (Å²) >= 11 is 0. The molecular formula is C21H16O. The van der Waals surface area contributed by atoms with Crippen molar-refractivity contribution in [1.29, 1.82) is 0 Å². The number of benzene rings is 3.